The van der Waals surface area contributed by atoms with Gasteiger partial charge in [0.25, 0.3) is 10.0 Å². The lowest BCUT2D eigenvalue weighted by Crippen LogP contribution is -2.15. The predicted octanol–water partition coefficient (Wildman–Crippen LogP) is 5.46. The number of halogens is 4. The van der Waals surface area contributed by atoms with Gasteiger partial charge in [0.2, 0.25) is 0 Å². The lowest BCUT2D eigenvalue weighted by molar-refractivity contribution is -0.137. The molecule has 0 aliphatic heterocycles. The molecule has 0 atom stereocenters. The largest absolute Gasteiger partial charge is 0.417 e. The molecule has 0 aromatic heterocycles. The molecule has 0 saturated carbocycles. The van der Waals surface area contributed by atoms with Crippen molar-refractivity contribution < 1.29 is 21.6 Å². The van der Waals surface area contributed by atoms with E-state index in [1.165, 1.54) is 0 Å². The van der Waals surface area contributed by atoms with Gasteiger partial charge in [0.05, 0.1) is 15.5 Å². The molecule has 0 fully saturated rings. The third kappa shape index (κ3) is 4.67. The fraction of sp³-hybridized carbons (Fsp3) is 0.294. The van der Waals surface area contributed by atoms with E-state index in [1.807, 2.05) is 20.8 Å². The van der Waals surface area contributed by atoms with Crippen LogP contribution in [0, 0.1) is 0 Å². The molecule has 3 nitrogen and oxygen atoms in total. The first-order valence-electron chi connectivity index (χ1n) is 7.31. The molecule has 0 saturated heterocycles. The van der Waals surface area contributed by atoms with Gasteiger partial charge < -0.3 is 0 Å². The van der Waals surface area contributed by atoms with Crippen LogP contribution in [0.25, 0.3) is 0 Å². The molecule has 2 aromatic carbocycles. The molecule has 2 aromatic rings. The summed E-state index contributed by atoms with van der Waals surface area (Å²) in [6.07, 6.45) is -4.74. The molecule has 25 heavy (non-hydrogen) atoms. The van der Waals surface area contributed by atoms with Crippen molar-refractivity contribution in [3.63, 3.8) is 0 Å². The Morgan fingerprint density at radius 2 is 1.52 bits per heavy atom. The second kappa shape index (κ2) is 6.53. The molecule has 8 heteroatoms. The Kier molecular flexibility index (Phi) is 5.12. The summed E-state index contributed by atoms with van der Waals surface area (Å²) in [4.78, 5) is -0.510. The standard InChI is InChI=1S/C17H17ClF3NO2S/c1-16(2,3)11-4-6-12(7-5-11)22-25(23,24)13-8-9-15(18)14(10-13)17(19,20)21/h4-10,22H,1-3H3. The van der Waals surface area contributed by atoms with E-state index in [0.29, 0.717) is 6.07 Å². The van der Waals surface area contributed by atoms with Crippen molar-refractivity contribution in [2.24, 2.45) is 0 Å². The summed E-state index contributed by atoms with van der Waals surface area (Å²) < 4.78 is 65.7. The highest BCUT2D eigenvalue weighted by atomic mass is 35.5. The van der Waals surface area contributed by atoms with Gasteiger partial charge >= 0.3 is 6.18 Å². The summed E-state index contributed by atoms with van der Waals surface area (Å²) in [7, 11) is -4.17. The second-order valence-electron chi connectivity index (χ2n) is 6.57. The van der Waals surface area contributed by atoms with Crippen LogP contribution >= 0.6 is 11.6 Å². The number of hydrogen-bond acceptors (Lipinski definition) is 2. The number of alkyl halides is 3. The van der Waals surface area contributed by atoms with Gasteiger partial charge in [-0.15, -0.1) is 0 Å². The molecule has 2 rings (SSSR count). The fourth-order valence-corrected chi connectivity index (χ4v) is 3.45. The average molecular weight is 392 g/mol. The average Bonchev–Trinajstić information content (AvgIpc) is 2.45. The number of nitrogens with one attached hydrogen (secondary N) is 1. The molecule has 0 radical (unpaired) electrons. The quantitative estimate of drug-likeness (QED) is 0.755. The molecular formula is C17H17ClF3NO2S. The van der Waals surface area contributed by atoms with Gasteiger partial charge in [-0.3, -0.25) is 4.72 Å². The van der Waals surface area contributed by atoms with Crippen LogP contribution in [0.2, 0.25) is 5.02 Å². The third-order valence-corrected chi connectivity index (χ3v) is 5.27. The highest BCUT2D eigenvalue weighted by Crippen LogP contribution is 2.36. The Bertz CT molecular complexity index is 870. The van der Waals surface area contributed by atoms with Crippen LogP contribution in [0.4, 0.5) is 18.9 Å². The summed E-state index contributed by atoms with van der Waals surface area (Å²) in [5.74, 6) is 0. The van der Waals surface area contributed by atoms with E-state index in [-0.39, 0.29) is 11.1 Å². The highest BCUT2D eigenvalue weighted by molar-refractivity contribution is 7.92. The molecule has 136 valence electrons. The first-order valence-corrected chi connectivity index (χ1v) is 9.17. The van der Waals surface area contributed by atoms with E-state index in [2.05, 4.69) is 4.72 Å². The van der Waals surface area contributed by atoms with Crippen molar-refractivity contribution in [3.8, 4) is 0 Å². The van der Waals surface area contributed by atoms with Crippen LogP contribution in [0.3, 0.4) is 0 Å². The van der Waals surface area contributed by atoms with Crippen LogP contribution < -0.4 is 4.72 Å². The van der Waals surface area contributed by atoms with Gasteiger partial charge in [-0.1, -0.05) is 44.5 Å². The van der Waals surface area contributed by atoms with Gasteiger partial charge in [-0.25, -0.2) is 8.42 Å². The smallest absolute Gasteiger partial charge is 0.280 e. The molecular weight excluding hydrogens is 375 g/mol. The first kappa shape index (κ1) is 19.6. The van der Waals surface area contributed by atoms with Crippen LogP contribution in [-0.2, 0) is 21.6 Å². The number of benzene rings is 2. The van der Waals surface area contributed by atoms with Crippen LogP contribution in [-0.4, -0.2) is 8.42 Å². The predicted molar refractivity (Wildman–Crippen MR) is 92.4 cm³/mol. The van der Waals surface area contributed by atoms with Crippen molar-refractivity contribution in [1.82, 2.24) is 0 Å². The maximum absolute atomic E-state index is 12.9. The van der Waals surface area contributed by atoms with Crippen LogP contribution in [0.5, 0.6) is 0 Å². The number of hydrogen-bond donors (Lipinski definition) is 1. The van der Waals surface area contributed by atoms with E-state index < -0.39 is 31.7 Å². The van der Waals surface area contributed by atoms with Crippen molar-refractivity contribution in [2.45, 2.75) is 37.3 Å². The van der Waals surface area contributed by atoms with Gasteiger partial charge in [0, 0.05) is 5.69 Å². The minimum Gasteiger partial charge on any atom is -0.280 e. The molecule has 0 spiro atoms. The summed E-state index contributed by atoms with van der Waals surface area (Å²) in [6.45, 7) is 6.04. The van der Waals surface area contributed by atoms with Crippen molar-refractivity contribution >= 4 is 27.3 Å². The van der Waals surface area contributed by atoms with Gasteiger partial charge in [-0.2, -0.15) is 13.2 Å². The van der Waals surface area contributed by atoms with Gasteiger partial charge in [-0.05, 0) is 41.3 Å². The van der Waals surface area contributed by atoms with E-state index in [9.17, 15) is 21.6 Å². The van der Waals surface area contributed by atoms with E-state index in [4.69, 9.17) is 11.6 Å². The van der Waals surface area contributed by atoms with Crippen molar-refractivity contribution in [1.29, 1.82) is 0 Å². The van der Waals surface area contributed by atoms with Gasteiger partial charge in [0.15, 0.2) is 0 Å². The van der Waals surface area contributed by atoms with Crippen LogP contribution in [0.15, 0.2) is 47.4 Å². The zero-order valence-electron chi connectivity index (χ0n) is 13.8. The van der Waals surface area contributed by atoms with Crippen molar-refractivity contribution in [2.75, 3.05) is 4.72 Å². The van der Waals surface area contributed by atoms with Crippen LogP contribution in [0.1, 0.15) is 31.9 Å². The maximum atomic E-state index is 12.9. The Morgan fingerprint density at radius 1 is 0.960 bits per heavy atom. The molecule has 0 aliphatic carbocycles. The summed E-state index contributed by atoms with van der Waals surface area (Å²) in [5, 5.41) is -0.555. The molecule has 0 unspecified atom stereocenters. The lowest BCUT2D eigenvalue weighted by Gasteiger charge is -2.19. The monoisotopic (exact) mass is 391 g/mol. The Morgan fingerprint density at radius 3 is 2.00 bits per heavy atom. The van der Waals surface area contributed by atoms with E-state index in [1.54, 1.807) is 24.3 Å². The zero-order valence-corrected chi connectivity index (χ0v) is 15.4. The SMILES string of the molecule is CC(C)(C)c1ccc(NS(=O)(=O)c2ccc(Cl)c(C(F)(F)F)c2)cc1. The molecule has 0 heterocycles. The number of sulfonamides is 1. The lowest BCUT2D eigenvalue weighted by atomic mass is 9.87. The van der Waals surface area contributed by atoms with E-state index in [0.717, 1.165) is 17.7 Å². The minimum atomic E-state index is -4.74. The normalized spacial score (nSPS) is 12.9. The van der Waals surface area contributed by atoms with Crippen molar-refractivity contribution in [3.05, 3.63) is 58.6 Å². The Hall–Kier alpha value is -1.73. The Labute approximate surface area is 149 Å². The highest BCUT2D eigenvalue weighted by Gasteiger charge is 2.34. The maximum Gasteiger partial charge on any atom is 0.417 e. The fourth-order valence-electron chi connectivity index (χ4n) is 2.14. The van der Waals surface area contributed by atoms with E-state index >= 15 is 0 Å². The zero-order chi connectivity index (χ0) is 19.0. The molecule has 0 aliphatic rings. The first-order chi connectivity index (χ1) is 11.3. The third-order valence-electron chi connectivity index (χ3n) is 3.56. The number of anilines is 1. The molecule has 0 amide bonds. The molecule has 0 bridgehead atoms. The molecule has 1 N–H and O–H groups in total. The Balaban J connectivity index is 2.34. The topological polar surface area (TPSA) is 46.2 Å². The van der Waals surface area contributed by atoms with Gasteiger partial charge in [0.1, 0.15) is 0 Å². The number of rotatable bonds is 3. The summed E-state index contributed by atoms with van der Waals surface area (Å²) in [6, 6.07) is 9.14. The summed E-state index contributed by atoms with van der Waals surface area (Å²) in [5.41, 5.74) is -0.0345. The second-order valence-corrected chi connectivity index (χ2v) is 8.66. The summed E-state index contributed by atoms with van der Waals surface area (Å²) >= 11 is 5.52. The minimum absolute atomic E-state index is 0.102.